The van der Waals surface area contributed by atoms with Crippen molar-refractivity contribution >= 4 is 29.0 Å². The summed E-state index contributed by atoms with van der Waals surface area (Å²) in [6.07, 6.45) is 1.73. The summed E-state index contributed by atoms with van der Waals surface area (Å²) < 4.78 is 13.5. The standard InChI is InChI=1S/C14H15ClFNO2/c1-8(2)4-3-5-17-12-7-11(16)10(15)6-9(12)13(18)14(17)19/h6-8H,3-5H2,1-2H3. The number of Topliss-reactive ketones (excluding diaryl/α,β-unsaturated/α-hetero) is 1. The first-order valence-electron chi connectivity index (χ1n) is 6.27. The number of halogens is 2. The second-order valence-corrected chi connectivity index (χ2v) is 5.51. The van der Waals surface area contributed by atoms with Gasteiger partial charge in [0, 0.05) is 6.54 Å². The van der Waals surface area contributed by atoms with Gasteiger partial charge in [-0.2, -0.15) is 0 Å². The van der Waals surface area contributed by atoms with Crippen molar-refractivity contribution in [2.45, 2.75) is 26.7 Å². The van der Waals surface area contributed by atoms with Gasteiger partial charge in [0.25, 0.3) is 11.7 Å². The van der Waals surface area contributed by atoms with Gasteiger partial charge in [0.05, 0.1) is 16.3 Å². The maximum Gasteiger partial charge on any atom is 0.299 e. The second-order valence-electron chi connectivity index (χ2n) is 5.11. The summed E-state index contributed by atoms with van der Waals surface area (Å²) in [6.45, 7) is 4.60. The summed E-state index contributed by atoms with van der Waals surface area (Å²) in [5.41, 5.74) is 0.529. The van der Waals surface area contributed by atoms with Crippen LogP contribution in [0.1, 0.15) is 37.0 Å². The fourth-order valence-corrected chi connectivity index (χ4v) is 2.33. The summed E-state index contributed by atoms with van der Waals surface area (Å²) in [7, 11) is 0. The van der Waals surface area contributed by atoms with Gasteiger partial charge in [-0.3, -0.25) is 9.59 Å². The first-order valence-corrected chi connectivity index (χ1v) is 6.65. The van der Waals surface area contributed by atoms with Gasteiger partial charge in [0.2, 0.25) is 0 Å². The minimum absolute atomic E-state index is 0.135. The zero-order valence-electron chi connectivity index (χ0n) is 10.9. The Bertz CT molecular complexity index is 542. The van der Waals surface area contributed by atoms with Gasteiger partial charge in [0.15, 0.2) is 0 Å². The van der Waals surface area contributed by atoms with Crippen molar-refractivity contribution in [3.8, 4) is 0 Å². The molecule has 19 heavy (non-hydrogen) atoms. The fourth-order valence-electron chi connectivity index (χ4n) is 2.17. The Morgan fingerprint density at radius 2 is 2.00 bits per heavy atom. The third-order valence-electron chi connectivity index (χ3n) is 3.18. The van der Waals surface area contributed by atoms with Gasteiger partial charge >= 0.3 is 0 Å². The Kier molecular flexibility index (Phi) is 3.90. The van der Waals surface area contributed by atoms with Crippen molar-refractivity contribution in [3.63, 3.8) is 0 Å². The molecule has 102 valence electrons. The molecule has 0 N–H and O–H groups in total. The molecule has 1 amide bonds. The quantitative estimate of drug-likeness (QED) is 0.794. The largest absolute Gasteiger partial charge is 0.305 e. The molecule has 0 fully saturated rings. The van der Waals surface area contributed by atoms with E-state index < -0.39 is 17.5 Å². The van der Waals surface area contributed by atoms with Gasteiger partial charge in [-0.05, 0) is 30.9 Å². The fraction of sp³-hybridized carbons (Fsp3) is 0.429. The number of fused-ring (bicyclic) bond motifs is 1. The molecule has 0 aromatic heterocycles. The van der Waals surface area contributed by atoms with Crippen LogP contribution in [-0.2, 0) is 4.79 Å². The first kappa shape index (κ1) is 14.0. The normalized spacial score (nSPS) is 14.5. The number of ketones is 1. The van der Waals surface area contributed by atoms with Crippen molar-refractivity contribution in [3.05, 3.63) is 28.5 Å². The molecule has 2 rings (SSSR count). The van der Waals surface area contributed by atoms with E-state index in [4.69, 9.17) is 11.6 Å². The highest BCUT2D eigenvalue weighted by atomic mass is 35.5. The zero-order chi connectivity index (χ0) is 14.2. The summed E-state index contributed by atoms with van der Waals surface area (Å²) in [5.74, 6) is -1.30. The summed E-state index contributed by atoms with van der Waals surface area (Å²) in [4.78, 5) is 25.0. The molecular formula is C14H15ClFNO2. The van der Waals surface area contributed by atoms with Crippen LogP contribution >= 0.6 is 11.6 Å². The lowest BCUT2D eigenvalue weighted by Crippen LogP contribution is -2.30. The summed E-state index contributed by atoms with van der Waals surface area (Å²) in [5, 5.41) is -0.135. The third-order valence-corrected chi connectivity index (χ3v) is 3.47. The number of amides is 1. The second kappa shape index (κ2) is 5.29. The molecule has 0 spiro atoms. The Hall–Kier alpha value is -1.42. The number of anilines is 1. The van der Waals surface area contributed by atoms with E-state index in [0.717, 1.165) is 18.9 Å². The average molecular weight is 284 g/mol. The van der Waals surface area contributed by atoms with Crippen molar-refractivity contribution in [2.75, 3.05) is 11.4 Å². The highest BCUT2D eigenvalue weighted by Crippen LogP contribution is 2.33. The molecule has 0 aliphatic carbocycles. The van der Waals surface area contributed by atoms with E-state index in [0.29, 0.717) is 18.2 Å². The van der Waals surface area contributed by atoms with E-state index >= 15 is 0 Å². The smallest absolute Gasteiger partial charge is 0.299 e. The molecule has 0 saturated carbocycles. The van der Waals surface area contributed by atoms with Crippen LogP contribution in [0.2, 0.25) is 5.02 Å². The number of nitrogens with zero attached hydrogens (tertiary/aromatic N) is 1. The third kappa shape index (κ3) is 2.63. The van der Waals surface area contributed by atoms with Crippen LogP contribution < -0.4 is 4.90 Å². The molecule has 3 nitrogen and oxygen atoms in total. The lowest BCUT2D eigenvalue weighted by atomic mass is 10.1. The maximum atomic E-state index is 13.5. The minimum atomic E-state index is -0.614. The highest BCUT2D eigenvalue weighted by Gasteiger charge is 2.36. The minimum Gasteiger partial charge on any atom is -0.305 e. The molecule has 1 aliphatic heterocycles. The van der Waals surface area contributed by atoms with Gasteiger partial charge in [-0.1, -0.05) is 25.4 Å². The van der Waals surface area contributed by atoms with E-state index in [9.17, 15) is 14.0 Å². The average Bonchev–Trinajstić information content (AvgIpc) is 2.55. The number of carbonyl (C=O) groups excluding carboxylic acids is 2. The number of rotatable bonds is 4. The molecule has 1 aliphatic rings. The first-order chi connectivity index (χ1) is 8.91. The van der Waals surface area contributed by atoms with Crippen molar-refractivity contribution < 1.29 is 14.0 Å². The van der Waals surface area contributed by atoms with Crippen LogP contribution in [-0.4, -0.2) is 18.2 Å². The molecule has 1 aromatic carbocycles. The van der Waals surface area contributed by atoms with Crippen LogP contribution in [0.3, 0.4) is 0 Å². The zero-order valence-corrected chi connectivity index (χ0v) is 11.6. The van der Waals surface area contributed by atoms with Crippen LogP contribution in [0.4, 0.5) is 10.1 Å². The SMILES string of the molecule is CC(C)CCCN1C(=O)C(=O)c2cc(Cl)c(F)cc21. The molecule has 0 saturated heterocycles. The number of hydrogen-bond donors (Lipinski definition) is 0. The van der Waals surface area contributed by atoms with Crippen molar-refractivity contribution in [2.24, 2.45) is 5.92 Å². The van der Waals surface area contributed by atoms with Crippen molar-refractivity contribution in [1.29, 1.82) is 0 Å². The van der Waals surface area contributed by atoms with Crippen LogP contribution in [0, 0.1) is 11.7 Å². The van der Waals surface area contributed by atoms with Crippen molar-refractivity contribution in [1.82, 2.24) is 0 Å². The van der Waals surface area contributed by atoms with E-state index in [1.807, 2.05) is 0 Å². The Morgan fingerprint density at radius 1 is 1.32 bits per heavy atom. The topological polar surface area (TPSA) is 37.4 Å². The predicted molar refractivity (Wildman–Crippen MR) is 72.2 cm³/mol. The van der Waals surface area contributed by atoms with Gasteiger partial charge in [0.1, 0.15) is 5.82 Å². The number of benzene rings is 1. The van der Waals surface area contributed by atoms with E-state index in [1.54, 1.807) is 0 Å². The molecule has 0 atom stereocenters. The molecule has 1 heterocycles. The molecule has 5 heteroatoms. The molecule has 0 bridgehead atoms. The van der Waals surface area contributed by atoms with Crippen LogP contribution in [0.5, 0.6) is 0 Å². The monoisotopic (exact) mass is 283 g/mol. The van der Waals surface area contributed by atoms with Gasteiger partial charge < -0.3 is 4.90 Å². The molecular weight excluding hydrogens is 269 g/mol. The summed E-state index contributed by atoms with van der Waals surface area (Å²) in [6, 6.07) is 2.39. The van der Waals surface area contributed by atoms with Gasteiger partial charge in [-0.25, -0.2) is 4.39 Å². The Morgan fingerprint density at radius 3 is 2.63 bits per heavy atom. The number of hydrogen-bond acceptors (Lipinski definition) is 2. The van der Waals surface area contributed by atoms with Crippen LogP contribution in [0.25, 0.3) is 0 Å². The van der Waals surface area contributed by atoms with E-state index in [1.165, 1.54) is 11.0 Å². The Balaban J connectivity index is 2.26. The highest BCUT2D eigenvalue weighted by molar-refractivity contribution is 6.52. The van der Waals surface area contributed by atoms with E-state index in [-0.39, 0.29) is 10.6 Å². The molecule has 1 aromatic rings. The Labute approximate surface area is 116 Å². The van der Waals surface area contributed by atoms with Crippen LogP contribution in [0.15, 0.2) is 12.1 Å². The van der Waals surface area contributed by atoms with Gasteiger partial charge in [-0.15, -0.1) is 0 Å². The number of carbonyl (C=O) groups is 2. The maximum absolute atomic E-state index is 13.5. The lowest BCUT2D eigenvalue weighted by molar-refractivity contribution is -0.114. The molecule has 0 unspecified atom stereocenters. The molecule has 0 radical (unpaired) electrons. The van der Waals surface area contributed by atoms with E-state index in [2.05, 4.69) is 13.8 Å². The predicted octanol–water partition coefficient (Wildman–Crippen LogP) is 3.44. The summed E-state index contributed by atoms with van der Waals surface area (Å²) >= 11 is 5.64. The lowest BCUT2D eigenvalue weighted by Gasteiger charge is -2.17.